The lowest BCUT2D eigenvalue weighted by Crippen LogP contribution is -2.50. The maximum atomic E-state index is 12.4. The van der Waals surface area contributed by atoms with Crippen LogP contribution in [-0.4, -0.2) is 50.1 Å². The molecule has 10 nitrogen and oxygen atoms in total. The Bertz CT molecular complexity index is 1190. The van der Waals surface area contributed by atoms with Crippen LogP contribution in [0.3, 0.4) is 0 Å². The van der Waals surface area contributed by atoms with E-state index in [1.54, 1.807) is 41.0 Å². The first kappa shape index (κ1) is 18.9. The monoisotopic (exact) mass is 421 g/mol. The molecule has 0 bridgehead atoms. The molecule has 3 heterocycles. The predicted molar refractivity (Wildman–Crippen MR) is 109 cm³/mol. The Balaban J connectivity index is 1.79. The van der Waals surface area contributed by atoms with Crippen LogP contribution < -0.4 is 14.8 Å². The van der Waals surface area contributed by atoms with Gasteiger partial charge in [-0.15, -0.1) is 10.2 Å². The number of methoxy groups -OCH3 is 1. The highest BCUT2D eigenvalue weighted by molar-refractivity contribution is 5.91. The van der Waals surface area contributed by atoms with E-state index < -0.39 is 29.9 Å². The molecule has 5 rings (SSSR count). The summed E-state index contributed by atoms with van der Waals surface area (Å²) in [5, 5.41) is 31.4. The third-order valence-electron chi connectivity index (χ3n) is 5.81. The zero-order chi connectivity index (χ0) is 21.9. The van der Waals surface area contributed by atoms with Crippen molar-refractivity contribution in [2.45, 2.75) is 19.0 Å². The average molecular weight is 421 g/mol. The van der Waals surface area contributed by atoms with Gasteiger partial charge in [0.2, 0.25) is 0 Å². The van der Waals surface area contributed by atoms with Gasteiger partial charge in [0.15, 0.2) is 6.04 Å². The first-order valence-corrected chi connectivity index (χ1v) is 9.61. The smallest absolute Gasteiger partial charge is 0.329 e. The molecule has 10 heteroatoms. The molecule has 0 aliphatic carbocycles. The van der Waals surface area contributed by atoms with E-state index in [2.05, 4.69) is 10.2 Å². The fraction of sp³-hybridized carbons (Fsp3) is 0.238. The minimum Gasteiger partial charge on any atom is -0.497 e. The van der Waals surface area contributed by atoms with E-state index in [0.717, 1.165) is 11.3 Å². The Hall–Kier alpha value is -4.08. The molecule has 2 aromatic carbocycles. The summed E-state index contributed by atoms with van der Waals surface area (Å²) in [6.07, 6.45) is 1.50. The van der Waals surface area contributed by atoms with Crippen molar-refractivity contribution in [3.63, 3.8) is 0 Å². The number of fused-ring (bicyclic) bond motifs is 6. The Kier molecular flexibility index (Phi) is 4.10. The number of aryl methyl sites for hydroxylation is 1. The quantitative estimate of drug-likeness (QED) is 0.652. The number of nitrogens with zero attached hydrogens (tertiary/aromatic N) is 5. The van der Waals surface area contributed by atoms with Gasteiger partial charge in [-0.1, -0.05) is 18.2 Å². The minimum atomic E-state index is -1.37. The van der Waals surface area contributed by atoms with Crippen LogP contribution >= 0.6 is 0 Å². The molecular formula is C21H19N5O5. The first-order valence-electron chi connectivity index (χ1n) is 9.61. The van der Waals surface area contributed by atoms with E-state index in [1.807, 2.05) is 25.1 Å². The molecule has 0 saturated carbocycles. The van der Waals surface area contributed by atoms with Crippen molar-refractivity contribution in [2.24, 2.45) is 5.92 Å². The number of carboxylic acids is 2. The summed E-state index contributed by atoms with van der Waals surface area (Å²) < 4.78 is 6.90. The Morgan fingerprint density at radius 1 is 1.00 bits per heavy atom. The topological polar surface area (TPSA) is 121 Å². The van der Waals surface area contributed by atoms with Crippen LogP contribution in [0.1, 0.15) is 17.2 Å². The number of carbonyl (C=O) groups is 2. The molecule has 2 aliphatic rings. The van der Waals surface area contributed by atoms with Crippen molar-refractivity contribution in [3.05, 3.63) is 59.9 Å². The highest BCUT2D eigenvalue weighted by Gasteiger charge is 2.58. The van der Waals surface area contributed by atoms with Crippen molar-refractivity contribution in [2.75, 3.05) is 17.1 Å². The molecule has 0 radical (unpaired) electrons. The van der Waals surface area contributed by atoms with E-state index in [4.69, 9.17) is 4.74 Å². The Morgan fingerprint density at radius 3 is 2.39 bits per heavy atom. The lowest BCUT2D eigenvalue weighted by Gasteiger charge is -2.40. The summed E-state index contributed by atoms with van der Waals surface area (Å²) >= 11 is 0. The summed E-state index contributed by atoms with van der Waals surface area (Å²) in [5.74, 6) is -2.84. The molecule has 2 aliphatic heterocycles. The molecule has 3 aromatic rings. The number of aliphatic carboxylic acids is 2. The Labute approximate surface area is 176 Å². The van der Waals surface area contributed by atoms with Gasteiger partial charge in [0.1, 0.15) is 18.0 Å². The van der Waals surface area contributed by atoms with Gasteiger partial charge in [0.25, 0.3) is 5.95 Å². The van der Waals surface area contributed by atoms with Gasteiger partial charge in [0, 0.05) is 0 Å². The van der Waals surface area contributed by atoms with Gasteiger partial charge in [-0.2, -0.15) is 0 Å². The minimum absolute atomic E-state index is 0.256. The zero-order valence-corrected chi connectivity index (χ0v) is 16.7. The normalized spacial score (nSPS) is 21.3. The molecule has 0 amide bonds. The summed E-state index contributed by atoms with van der Waals surface area (Å²) in [6, 6.07) is 10.6. The van der Waals surface area contributed by atoms with Crippen molar-refractivity contribution < 1.29 is 24.5 Å². The zero-order valence-electron chi connectivity index (χ0n) is 16.7. The van der Waals surface area contributed by atoms with E-state index in [1.165, 1.54) is 11.3 Å². The second kappa shape index (κ2) is 6.73. The standard InChI is InChI=1S/C21H19N5O5/c1-11-3-8-14-15(9-11)25-17(12-4-6-13(31-2)7-5-12)16(19(27)28)18(20(29)30)26(25)21-23-22-10-24(14)21/h3-10,16-18H,1-2H3,(H,27,28)(H,29,30)/t16-,17-,18+/m0/s1. The molecular weight excluding hydrogens is 402 g/mol. The van der Waals surface area contributed by atoms with Gasteiger partial charge in [-0.3, -0.25) is 14.4 Å². The van der Waals surface area contributed by atoms with Gasteiger partial charge < -0.3 is 14.9 Å². The lowest BCUT2D eigenvalue weighted by molar-refractivity contribution is -0.149. The average Bonchev–Trinajstić information content (AvgIpc) is 3.36. The van der Waals surface area contributed by atoms with E-state index >= 15 is 0 Å². The van der Waals surface area contributed by atoms with Crippen molar-refractivity contribution >= 4 is 23.6 Å². The number of aromatic nitrogens is 3. The molecule has 1 aromatic heterocycles. The third-order valence-corrected chi connectivity index (χ3v) is 5.81. The van der Waals surface area contributed by atoms with Crippen LogP contribution in [0, 0.1) is 12.8 Å². The Morgan fingerprint density at radius 2 is 1.74 bits per heavy atom. The molecule has 1 saturated heterocycles. The van der Waals surface area contributed by atoms with Crippen molar-refractivity contribution in [1.82, 2.24) is 14.8 Å². The molecule has 3 atom stereocenters. The predicted octanol–water partition coefficient (Wildman–Crippen LogP) is 2.03. The van der Waals surface area contributed by atoms with Gasteiger partial charge in [0.05, 0.1) is 24.5 Å². The summed E-state index contributed by atoms with van der Waals surface area (Å²) in [5.41, 5.74) is 3.04. The SMILES string of the molecule is COc1ccc([C@H]2[C@H](C(=O)O)[C@H](C(=O)O)N3c4nncn4-c4ccc(C)cc4N23)cc1. The number of hydrazine groups is 1. The maximum Gasteiger partial charge on any atom is 0.329 e. The molecule has 2 N–H and O–H groups in total. The van der Waals surface area contributed by atoms with Crippen LogP contribution in [0.5, 0.6) is 5.75 Å². The molecule has 0 spiro atoms. The second-order valence-electron chi connectivity index (χ2n) is 7.55. The van der Waals surface area contributed by atoms with Crippen molar-refractivity contribution in [3.8, 4) is 11.4 Å². The third kappa shape index (κ3) is 2.64. The fourth-order valence-corrected chi connectivity index (χ4v) is 4.49. The highest BCUT2D eigenvalue weighted by atomic mass is 16.5. The van der Waals surface area contributed by atoms with E-state index in [0.29, 0.717) is 17.0 Å². The molecule has 0 unspecified atom stereocenters. The second-order valence-corrected chi connectivity index (χ2v) is 7.55. The highest BCUT2D eigenvalue weighted by Crippen LogP contribution is 2.50. The van der Waals surface area contributed by atoms with Gasteiger partial charge in [-0.05, 0) is 42.3 Å². The number of anilines is 2. The summed E-state index contributed by atoms with van der Waals surface area (Å²) in [6.45, 7) is 1.92. The number of ether oxygens (including phenoxy) is 1. The van der Waals surface area contributed by atoms with Crippen LogP contribution in [-0.2, 0) is 9.59 Å². The number of carboxylic acid groups (broad SMARTS) is 2. The number of rotatable bonds is 4. The molecule has 1 fully saturated rings. The van der Waals surface area contributed by atoms with E-state index in [9.17, 15) is 19.8 Å². The summed E-state index contributed by atoms with van der Waals surface area (Å²) in [7, 11) is 1.54. The lowest BCUT2D eigenvalue weighted by atomic mass is 9.88. The summed E-state index contributed by atoms with van der Waals surface area (Å²) in [4.78, 5) is 24.8. The van der Waals surface area contributed by atoms with Crippen molar-refractivity contribution in [1.29, 1.82) is 0 Å². The maximum absolute atomic E-state index is 12.4. The van der Waals surface area contributed by atoms with Crippen LogP contribution in [0.25, 0.3) is 5.69 Å². The fourth-order valence-electron chi connectivity index (χ4n) is 4.49. The first-order chi connectivity index (χ1) is 14.9. The van der Waals surface area contributed by atoms with E-state index in [-0.39, 0.29) is 5.95 Å². The van der Waals surface area contributed by atoms with Crippen LogP contribution in [0.15, 0.2) is 48.8 Å². The molecule has 31 heavy (non-hydrogen) atoms. The van der Waals surface area contributed by atoms with Gasteiger partial charge >= 0.3 is 11.9 Å². The number of hydrogen-bond acceptors (Lipinski definition) is 7. The number of hydrogen-bond donors (Lipinski definition) is 2. The van der Waals surface area contributed by atoms with Crippen LogP contribution in [0.4, 0.5) is 11.6 Å². The molecule has 158 valence electrons. The number of benzene rings is 2. The van der Waals surface area contributed by atoms with Gasteiger partial charge in [-0.25, -0.2) is 9.80 Å². The van der Waals surface area contributed by atoms with Crippen LogP contribution in [0.2, 0.25) is 0 Å². The largest absolute Gasteiger partial charge is 0.497 e.